The summed E-state index contributed by atoms with van der Waals surface area (Å²) in [6.07, 6.45) is 51.0. The second-order valence-corrected chi connectivity index (χ2v) is 12.5. The molecule has 4 aliphatic carbocycles. The predicted molar refractivity (Wildman–Crippen MR) is 197 cm³/mol. The monoisotopic (exact) mass is 846 g/mol. The maximum atomic E-state index is 3.40. The molecule has 0 radical (unpaired) electrons. The fraction of sp³-hybridized carbons (Fsp3) is 0.636. The zero-order chi connectivity index (χ0) is 32.4. The van der Waals surface area contributed by atoms with Crippen molar-refractivity contribution in [3.8, 4) is 0 Å². The molecule has 0 aromatic carbocycles. The van der Waals surface area contributed by atoms with Crippen molar-refractivity contribution in [2.45, 2.75) is 158 Å². The van der Waals surface area contributed by atoms with Gasteiger partial charge in [0.15, 0.2) is 0 Å². The van der Waals surface area contributed by atoms with E-state index >= 15 is 0 Å². The van der Waals surface area contributed by atoms with Gasteiger partial charge in [-0.3, -0.25) is 24.3 Å². The molecule has 0 fully saturated rings. The number of hydrogen-bond donors (Lipinski definition) is 0. The van der Waals surface area contributed by atoms with E-state index in [0.29, 0.717) is 0 Å². The average Bonchev–Trinajstić information content (AvgIpc) is 3.89. The fourth-order valence-electron chi connectivity index (χ4n) is 6.52. The minimum absolute atomic E-state index is 0. The zero-order valence-corrected chi connectivity index (χ0v) is 38.4. The SMILES string of the molecule is CCCC(CC)C1=[C-]CC=C1.CCCC(CC)C1=[C-]CC=C1.CCCC(CC)C1=[C-]CC=C1.CCCC(CC)C1=[C-]CC=C1.[Cl-].[Cl-].[Zr+2].[Zr+2]. The standard InChI is InChI=1S/4C11H17.2ClH.2Zr/c4*1-3-7-10(4-2)11-8-5-6-9-11;;;;/h4*5,8,10H,3-4,6-7H2,1-2H3;2*1H;;/q4*-1;;;2*+2/p-2. The quantitative estimate of drug-likeness (QED) is 0.138. The summed E-state index contributed by atoms with van der Waals surface area (Å²) in [5, 5.41) is 0. The molecule has 4 atom stereocenters. The first kappa shape index (κ1) is 55.0. The molecule has 0 N–H and O–H groups in total. The molecule has 4 unspecified atom stereocenters. The molecular weight excluding hydrogens is 782 g/mol. The van der Waals surface area contributed by atoms with Crippen molar-refractivity contribution in [1.82, 2.24) is 0 Å². The number of halogens is 2. The van der Waals surface area contributed by atoms with Crippen molar-refractivity contribution in [2.75, 3.05) is 0 Å². The van der Waals surface area contributed by atoms with E-state index in [4.69, 9.17) is 0 Å². The van der Waals surface area contributed by atoms with Crippen LogP contribution < -0.4 is 24.8 Å². The number of hydrogen-bond acceptors (Lipinski definition) is 0. The molecule has 4 rings (SSSR count). The molecule has 0 heterocycles. The van der Waals surface area contributed by atoms with E-state index in [2.05, 4.69) is 128 Å². The molecule has 4 heteroatoms. The van der Waals surface area contributed by atoms with Crippen molar-refractivity contribution in [3.63, 3.8) is 0 Å². The Morgan fingerprint density at radius 3 is 0.688 bits per heavy atom. The Hall–Kier alpha value is 0.266. The van der Waals surface area contributed by atoms with Gasteiger partial charge in [-0.2, -0.15) is 24.3 Å². The van der Waals surface area contributed by atoms with Crippen LogP contribution in [0.3, 0.4) is 0 Å². The number of rotatable bonds is 16. The van der Waals surface area contributed by atoms with Gasteiger partial charge in [0.1, 0.15) is 0 Å². The third kappa shape index (κ3) is 23.0. The molecule has 0 aromatic rings. The molecule has 0 aliphatic heterocycles. The fourth-order valence-corrected chi connectivity index (χ4v) is 6.52. The second-order valence-electron chi connectivity index (χ2n) is 12.5. The van der Waals surface area contributed by atoms with Gasteiger partial charge < -0.3 is 24.8 Å². The molecule has 0 spiro atoms. The van der Waals surface area contributed by atoms with E-state index in [1.165, 1.54) is 99.3 Å². The molecule has 0 saturated carbocycles. The molecule has 0 saturated heterocycles. The van der Waals surface area contributed by atoms with Gasteiger partial charge in [0, 0.05) is 0 Å². The first-order valence-corrected chi connectivity index (χ1v) is 18.6. The van der Waals surface area contributed by atoms with Crippen molar-refractivity contribution < 1.29 is 77.2 Å². The van der Waals surface area contributed by atoms with E-state index in [0.717, 1.165) is 49.4 Å². The van der Waals surface area contributed by atoms with Crippen molar-refractivity contribution >= 4 is 0 Å². The topological polar surface area (TPSA) is 0 Å². The second kappa shape index (κ2) is 37.0. The van der Waals surface area contributed by atoms with Crippen LogP contribution in [0.2, 0.25) is 0 Å². The summed E-state index contributed by atoms with van der Waals surface area (Å²) in [6.45, 7) is 18.1. The molecule has 48 heavy (non-hydrogen) atoms. The molecule has 0 bridgehead atoms. The molecule has 4 aliphatic rings. The Morgan fingerprint density at radius 1 is 0.396 bits per heavy atom. The van der Waals surface area contributed by atoms with Crippen LogP contribution in [0.1, 0.15) is 158 Å². The summed E-state index contributed by atoms with van der Waals surface area (Å²) < 4.78 is 0. The van der Waals surface area contributed by atoms with Crippen molar-refractivity contribution in [2.24, 2.45) is 23.7 Å². The Labute approximate surface area is 351 Å². The van der Waals surface area contributed by atoms with E-state index < -0.39 is 0 Å². The third-order valence-electron chi connectivity index (χ3n) is 9.16. The predicted octanol–water partition coefficient (Wildman–Crippen LogP) is 8.01. The van der Waals surface area contributed by atoms with Gasteiger partial charge in [0.2, 0.25) is 0 Å². The Kier molecular flexibility index (Phi) is 42.5. The van der Waals surface area contributed by atoms with Crippen LogP contribution >= 0.6 is 0 Å². The van der Waals surface area contributed by atoms with Crippen molar-refractivity contribution in [1.29, 1.82) is 0 Å². The van der Waals surface area contributed by atoms with Gasteiger partial charge in [-0.15, -0.1) is 25.7 Å². The summed E-state index contributed by atoms with van der Waals surface area (Å²) in [5.41, 5.74) is 5.81. The normalized spacial score (nSPS) is 17.0. The van der Waals surface area contributed by atoms with Crippen LogP contribution in [0.5, 0.6) is 0 Å². The zero-order valence-electron chi connectivity index (χ0n) is 32.0. The van der Waals surface area contributed by atoms with Crippen molar-refractivity contribution in [3.05, 3.63) is 95.2 Å². The first-order chi connectivity index (χ1) is 21.5. The van der Waals surface area contributed by atoms with Gasteiger partial charge in [-0.05, 0) is 25.7 Å². The van der Waals surface area contributed by atoms with E-state index in [1.807, 2.05) is 0 Å². The Morgan fingerprint density at radius 2 is 0.583 bits per heavy atom. The molecule has 0 amide bonds. The summed E-state index contributed by atoms with van der Waals surface area (Å²) >= 11 is 0. The summed E-state index contributed by atoms with van der Waals surface area (Å²) in [5.74, 6) is 3.11. The molecular formula is C44H68Cl2Zr2-2. The molecule has 0 aromatic heterocycles. The largest absolute Gasteiger partial charge is 2.00 e. The van der Waals surface area contributed by atoms with Gasteiger partial charge in [-0.25, -0.2) is 46.6 Å². The Balaban J connectivity index is -0.000000262. The third-order valence-corrected chi connectivity index (χ3v) is 9.16. The molecule has 268 valence electrons. The van der Waals surface area contributed by atoms with Gasteiger partial charge >= 0.3 is 52.4 Å². The van der Waals surface area contributed by atoms with E-state index in [1.54, 1.807) is 0 Å². The van der Waals surface area contributed by atoms with E-state index in [-0.39, 0.29) is 77.2 Å². The molecule has 0 nitrogen and oxygen atoms in total. The summed E-state index contributed by atoms with van der Waals surface area (Å²) in [6, 6.07) is 0. The van der Waals surface area contributed by atoms with Crippen LogP contribution in [0.25, 0.3) is 0 Å². The van der Waals surface area contributed by atoms with Crippen LogP contribution in [0, 0.1) is 48.0 Å². The van der Waals surface area contributed by atoms with Gasteiger partial charge in [0.25, 0.3) is 0 Å². The van der Waals surface area contributed by atoms with Gasteiger partial charge in [-0.1, -0.05) is 130 Å². The minimum Gasteiger partial charge on any atom is -1.00 e. The summed E-state index contributed by atoms with van der Waals surface area (Å²) in [7, 11) is 0. The maximum absolute atomic E-state index is 3.40. The van der Waals surface area contributed by atoms with Crippen LogP contribution in [0.15, 0.2) is 70.9 Å². The van der Waals surface area contributed by atoms with Crippen LogP contribution in [-0.2, 0) is 52.4 Å². The van der Waals surface area contributed by atoms with Crippen LogP contribution in [-0.4, -0.2) is 0 Å². The average molecular weight is 850 g/mol. The van der Waals surface area contributed by atoms with Gasteiger partial charge in [0.05, 0.1) is 0 Å². The first-order valence-electron chi connectivity index (χ1n) is 18.6. The minimum atomic E-state index is 0. The summed E-state index contributed by atoms with van der Waals surface area (Å²) in [4.78, 5) is 0. The Bertz CT molecular complexity index is 835. The maximum Gasteiger partial charge on any atom is 2.00 e. The van der Waals surface area contributed by atoms with Crippen LogP contribution in [0.4, 0.5) is 0 Å². The smallest absolute Gasteiger partial charge is 1.00 e. The van der Waals surface area contributed by atoms with E-state index in [9.17, 15) is 0 Å². The number of allylic oxidation sites excluding steroid dienone is 16.